The van der Waals surface area contributed by atoms with Crippen molar-refractivity contribution in [3.05, 3.63) is 64.2 Å². The minimum Gasteiger partial charge on any atom is -0.362 e. The molecule has 29 heavy (non-hydrogen) atoms. The molecule has 0 spiro atoms. The molecule has 0 amide bonds. The van der Waals surface area contributed by atoms with Crippen LogP contribution in [0.25, 0.3) is 0 Å². The van der Waals surface area contributed by atoms with Crippen LogP contribution in [0.4, 0.5) is 14.5 Å². The fourth-order valence-electron chi connectivity index (χ4n) is 2.97. The maximum absolute atomic E-state index is 14.3. The predicted molar refractivity (Wildman–Crippen MR) is 111 cm³/mol. The van der Waals surface area contributed by atoms with E-state index in [0.717, 1.165) is 30.9 Å². The second-order valence-corrected chi connectivity index (χ2v) is 7.32. The van der Waals surface area contributed by atoms with E-state index < -0.39 is 11.6 Å². The fraction of sp³-hybridized carbons (Fsp3) is 0.364. The van der Waals surface area contributed by atoms with Gasteiger partial charge in [0.05, 0.1) is 10.6 Å². The van der Waals surface area contributed by atoms with Crippen molar-refractivity contribution in [2.75, 3.05) is 11.4 Å². The second kappa shape index (κ2) is 10.9. The third-order valence-corrected chi connectivity index (χ3v) is 5.19. The van der Waals surface area contributed by atoms with E-state index in [9.17, 15) is 13.6 Å². The van der Waals surface area contributed by atoms with Gasteiger partial charge in [0.2, 0.25) is 0 Å². The van der Waals surface area contributed by atoms with Crippen molar-refractivity contribution in [3.8, 4) is 6.07 Å². The Hall–Kier alpha value is -2.49. The number of aldehydes is 1. The molecule has 1 unspecified atom stereocenters. The molecule has 2 aromatic rings. The van der Waals surface area contributed by atoms with E-state index in [0.29, 0.717) is 17.8 Å². The predicted octanol–water partition coefficient (Wildman–Crippen LogP) is 4.84. The lowest BCUT2D eigenvalue weighted by atomic mass is 10.1. The summed E-state index contributed by atoms with van der Waals surface area (Å²) >= 11 is 6.20. The SMILES string of the molecule is CCC(C)NC[C@H](CC=O)N(Cc1cc(F)ccc1F)c1ccc(C#N)c(Cl)c1. The first kappa shape index (κ1) is 22.8. The Morgan fingerprint density at radius 1 is 1.28 bits per heavy atom. The molecule has 2 rings (SSSR count). The summed E-state index contributed by atoms with van der Waals surface area (Å²) in [5, 5.41) is 12.7. The van der Waals surface area contributed by atoms with Gasteiger partial charge in [-0.25, -0.2) is 8.78 Å². The van der Waals surface area contributed by atoms with E-state index in [4.69, 9.17) is 16.9 Å². The van der Waals surface area contributed by atoms with Crippen molar-refractivity contribution in [1.29, 1.82) is 5.26 Å². The molecule has 0 fully saturated rings. The summed E-state index contributed by atoms with van der Waals surface area (Å²) in [6.07, 6.45) is 1.91. The van der Waals surface area contributed by atoms with Gasteiger partial charge in [-0.3, -0.25) is 0 Å². The first-order chi connectivity index (χ1) is 13.9. The lowest BCUT2D eigenvalue weighted by Crippen LogP contribution is -2.44. The number of carbonyl (C=O) groups excluding carboxylic acids is 1. The molecule has 154 valence electrons. The quantitative estimate of drug-likeness (QED) is 0.560. The zero-order valence-corrected chi connectivity index (χ0v) is 17.2. The van der Waals surface area contributed by atoms with Crippen LogP contribution in [0.1, 0.15) is 37.8 Å². The van der Waals surface area contributed by atoms with Crippen molar-refractivity contribution in [1.82, 2.24) is 5.32 Å². The lowest BCUT2D eigenvalue weighted by Gasteiger charge is -2.34. The molecule has 7 heteroatoms. The minimum absolute atomic E-state index is 0.0481. The van der Waals surface area contributed by atoms with Gasteiger partial charge in [-0.1, -0.05) is 18.5 Å². The second-order valence-electron chi connectivity index (χ2n) is 6.91. The van der Waals surface area contributed by atoms with E-state index >= 15 is 0 Å². The molecule has 0 heterocycles. The van der Waals surface area contributed by atoms with E-state index in [1.54, 1.807) is 18.2 Å². The van der Waals surface area contributed by atoms with E-state index in [1.807, 2.05) is 24.8 Å². The fourth-order valence-corrected chi connectivity index (χ4v) is 3.18. The number of hydrogen-bond acceptors (Lipinski definition) is 4. The van der Waals surface area contributed by atoms with Gasteiger partial charge >= 0.3 is 0 Å². The highest BCUT2D eigenvalue weighted by molar-refractivity contribution is 6.32. The molecule has 0 saturated carbocycles. The van der Waals surface area contributed by atoms with Crippen molar-refractivity contribution in [2.24, 2.45) is 0 Å². The number of hydrogen-bond donors (Lipinski definition) is 1. The highest BCUT2D eigenvalue weighted by Gasteiger charge is 2.22. The normalized spacial score (nSPS) is 12.8. The Morgan fingerprint density at radius 3 is 2.66 bits per heavy atom. The molecular formula is C22H24ClF2N3O. The Labute approximate surface area is 175 Å². The monoisotopic (exact) mass is 419 g/mol. The molecule has 0 radical (unpaired) electrons. The number of benzene rings is 2. The first-order valence-corrected chi connectivity index (χ1v) is 9.84. The molecule has 0 aliphatic heterocycles. The largest absolute Gasteiger partial charge is 0.362 e. The molecule has 0 aliphatic carbocycles. The van der Waals surface area contributed by atoms with Crippen LogP contribution in [0.3, 0.4) is 0 Å². The number of nitriles is 1. The molecule has 2 aromatic carbocycles. The van der Waals surface area contributed by atoms with Crippen LogP contribution in [0.2, 0.25) is 5.02 Å². The maximum atomic E-state index is 14.3. The van der Waals surface area contributed by atoms with Gasteiger partial charge in [-0.05, 0) is 49.7 Å². The summed E-state index contributed by atoms with van der Waals surface area (Å²) in [5.74, 6) is -1.07. The smallest absolute Gasteiger partial charge is 0.128 e. The standard InChI is InChI=1S/C22H24ClF2N3O/c1-3-15(2)27-13-20(8-9-29)28(14-17-10-18(24)5-7-22(17)25)19-6-4-16(12-26)21(23)11-19/h4-7,9-11,15,20,27H,3,8,13-14H2,1-2H3/t15?,20-/m0/s1. The molecule has 1 N–H and O–H groups in total. The van der Waals surface area contributed by atoms with Crippen LogP contribution >= 0.6 is 11.6 Å². The summed E-state index contributed by atoms with van der Waals surface area (Å²) in [4.78, 5) is 13.2. The number of carbonyl (C=O) groups is 1. The van der Waals surface area contributed by atoms with Gasteiger partial charge in [0.25, 0.3) is 0 Å². The van der Waals surface area contributed by atoms with Crippen molar-refractivity contribution >= 4 is 23.6 Å². The average molecular weight is 420 g/mol. The summed E-state index contributed by atoms with van der Waals surface area (Å²) < 4.78 is 28.0. The van der Waals surface area contributed by atoms with E-state index in [-0.39, 0.29) is 35.6 Å². The van der Waals surface area contributed by atoms with Crippen LogP contribution in [0, 0.1) is 23.0 Å². The zero-order chi connectivity index (χ0) is 21.4. The van der Waals surface area contributed by atoms with E-state index in [1.165, 1.54) is 0 Å². The number of anilines is 1. The number of rotatable bonds is 10. The summed E-state index contributed by atoms with van der Waals surface area (Å²) in [6, 6.07) is 10.1. The van der Waals surface area contributed by atoms with Gasteiger partial charge < -0.3 is 15.0 Å². The summed E-state index contributed by atoms with van der Waals surface area (Å²) in [6.45, 7) is 4.61. The topological polar surface area (TPSA) is 56.1 Å². The maximum Gasteiger partial charge on any atom is 0.128 e. The molecule has 0 saturated heterocycles. The van der Waals surface area contributed by atoms with Gasteiger partial charge in [-0.2, -0.15) is 5.26 Å². The van der Waals surface area contributed by atoms with Crippen LogP contribution in [-0.4, -0.2) is 24.9 Å². The van der Waals surface area contributed by atoms with Gasteiger partial charge in [0.15, 0.2) is 0 Å². The minimum atomic E-state index is -0.538. The molecule has 2 atom stereocenters. The third kappa shape index (κ3) is 6.25. The molecule has 0 aliphatic rings. The number of nitrogens with zero attached hydrogens (tertiary/aromatic N) is 2. The first-order valence-electron chi connectivity index (χ1n) is 9.46. The zero-order valence-electron chi connectivity index (χ0n) is 16.5. The lowest BCUT2D eigenvalue weighted by molar-refractivity contribution is -0.108. The van der Waals surface area contributed by atoms with Crippen LogP contribution in [0.15, 0.2) is 36.4 Å². The summed E-state index contributed by atoms with van der Waals surface area (Å²) in [5.41, 5.74) is 1.11. The Kier molecular flexibility index (Phi) is 8.56. The number of halogens is 3. The van der Waals surface area contributed by atoms with Gasteiger partial charge in [0, 0.05) is 42.8 Å². The summed E-state index contributed by atoms with van der Waals surface area (Å²) in [7, 11) is 0. The molecule has 4 nitrogen and oxygen atoms in total. The Bertz CT molecular complexity index is 885. The Balaban J connectivity index is 2.44. The highest BCUT2D eigenvalue weighted by Crippen LogP contribution is 2.28. The highest BCUT2D eigenvalue weighted by atomic mass is 35.5. The van der Waals surface area contributed by atoms with Crippen molar-refractivity contribution in [3.63, 3.8) is 0 Å². The molecular weight excluding hydrogens is 396 g/mol. The van der Waals surface area contributed by atoms with Crippen LogP contribution in [0.5, 0.6) is 0 Å². The van der Waals surface area contributed by atoms with Gasteiger partial charge in [-0.15, -0.1) is 0 Å². The van der Waals surface area contributed by atoms with Crippen LogP contribution in [-0.2, 0) is 11.3 Å². The van der Waals surface area contributed by atoms with Crippen LogP contribution < -0.4 is 10.2 Å². The van der Waals surface area contributed by atoms with Crippen molar-refractivity contribution in [2.45, 2.75) is 45.3 Å². The van der Waals surface area contributed by atoms with Gasteiger partial charge in [0.1, 0.15) is 24.0 Å². The number of nitrogens with one attached hydrogen (secondary N) is 1. The third-order valence-electron chi connectivity index (χ3n) is 4.88. The average Bonchev–Trinajstić information content (AvgIpc) is 2.71. The molecule has 0 bridgehead atoms. The molecule has 0 aromatic heterocycles. The van der Waals surface area contributed by atoms with E-state index in [2.05, 4.69) is 5.32 Å². The Morgan fingerprint density at radius 2 is 2.03 bits per heavy atom. The van der Waals surface area contributed by atoms with Crippen molar-refractivity contribution < 1.29 is 13.6 Å².